The maximum Gasteiger partial charge on any atom is 0.336 e. The van der Waals surface area contributed by atoms with E-state index in [-0.39, 0.29) is 5.56 Å². The number of rotatable bonds is 3. The van der Waals surface area contributed by atoms with E-state index in [9.17, 15) is 9.90 Å². The number of methoxy groups -OCH3 is 1. The fourth-order valence-electron chi connectivity index (χ4n) is 1.89. The number of aromatic carboxylic acids is 1. The highest BCUT2D eigenvalue weighted by Gasteiger charge is 2.12. The van der Waals surface area contributed by atoms with Crippen molar-refractivity contribution in [2.75, 3.05) is 7.11 Å². The molecule has 3 nitrogen and oxygen atoms in total. The molecule has 2 aromatic rings. The van der Waals surface area contributed by atoms with Gasteiger partial charge >= 0.3 is 5.97 Å². The zero-order valence-corrected chi connectivity index (χ0v) is 10.3. The molecule has 0 radical (unpaired) electrons. The second-order valence-corrected chi connectivity index (χ2v) is 4.09. The smallest absolute Gasteiger partial charge is 0.336 e. The lowest BCUT2D eigenvalue weighted by Gasteiger charge is -2.09. The van der Waals surface area contributed by atoms with Gasteiger partial charge in [-0.1, -0.05) is 29.8 Å². The summed E-state index contributed by atoms with van der Waals surface area (Å²) in [6.07, 6.45) is 0. The van der Waals surface area contributed by atoms with E-state index in [2.05, 4.69) is 0 Å². The van der Waals surface area contributed by atoms with E-state index in [0.717, 1.165) is 11.1 Å². The summed E-state index contributed by atoms with van der Waals surface area (Å²) in [5, 5.41) is 9.26. The molecular weight excluding hydrogens is 228 g/mol. The zero-order valence-electron chi connectivity index (χ0n) is 10.3. The first-order valence-corrected chi connectivity index (χ1v) is 5.60. The number of aryl methyl sites for hydroxylation is 1. The topological polar surface area (TPSA) is 46.5 Å². The molecule has 0 amide bonds. The van der Waals surface area contributed by atoms with E-state index in [0.29, 0.717) is 11.3 Å². The molecule has 3 heteroatoms. The summed E-state index contributed by atoms with van der Waals surface area (Å²) in [6.45, 7) is 1.98. The molecule has 0 heterocycles. The lowest BCUT2D eigenvalue weighted by atomic mass is 9.98. The molecule has 0 aromatic heterocycles. The van der Waals surface area contributed by atoms with Crippen LogP contribution in [-0.4, -0.2) is 18.2 Å². The highest BCUT2D eigenvalue weighted by molar-refractivity contribution is 5.96. The Labute approximate surface area is 106 Å². The van der Waals surface area contributed by atoms with Gasteiger partial charge in [-0.05, 0) is 36.2 Å². The molecule has 2 aromatic carbocycles. The van der Waals surface area contributed by atoms with Crippen LogP contribution in [0.5, 0.6) is 5.75 Å². The minimum absolute atomic E-state index is 0.250. The Morgan fingerprint density at radius 2 is 1.94 bits per heavy atom. The van der Waals surface area contributed by atoms with Crippen molar-refractivity contribution < 1.29 is 14.6 Å². The van der Waals surface area contributed by atoms with Crippen LogP contribution in [0.4, 0.5) is 0 Å². The monoisotopic (exact) mass is 242 g/mol. The first-order chi connectivity index (χ1) is 8.61. The number of carboxylic acid groups (broad SMARTS) is 1. The fourth-order valence-corrected chi connectivity index (χ4v) is 1.89. The number of benzene rings is 2. The molecule has 0 aliphatic rings. The van der Waals surface area contributed by atoms with Gasteiger partial charge in [0.1, 0.15) is 5.75 Å². The number of ether oxygens (including phenoxy) is 1. The van der Waals surface area contributed by atoms with Crippen molar-refractivity contribution in [2.45, 2.75) is 6.92 Å². The number of carboxylic acids is 1. The van der Waals surface area contributed by atoms with Crippen LogP contribution in [0, 0.1) is 6.92 Å². The summed E-state index contributed by atoms with van der Waals surface area (Å²) in [5.41, 5.74) is 2.95. The van der Waals surface area contributed by atoms with Gasteiger partial charge in [0.2, 0.25) is 0 Å². The SMILES string of the molecule is COc1ccc(-c2cccc(C)c2)c(C(=O)O)c1. The van der Waals surface area contributed by atoms with Gasteiger partial charge in [0.15, 0.2) is 0 Å². The van der Waals surface area contributed by atoms with E-state index < -0.39 is 5.97 Å². The van der Waals surface area contributed by atoms with E-state index in [1.54, 1.807) is 18.2 Å². The van der Waals surface area contributed by atoms with Gasteiger partial charge in [0, 0.05) is 0 Å². The molecule has 0 atom stereocenters. The highest BCUT2D eigenvalue weighted by atomic mass is 16.5. The number of hydrogen-bond donors (Lipinski definition) is 1. The second-order valence-electron chi connectivity index (χ2n) is 4.09. The van der Waals surface area contributed by atoms with Crippen LogP contribution in [0.15, 0.2) is 42.5 Å². The van der Waals surface area contributed by atoms with Crippen molar-refractivity contribution in [1.29, 1.82) is 0 Å². The average molecular weight is 242 g/mol. The van der Waals surface area contributed by atoms with E-state index in [1.165, 1.54) is 7.11 Å². The van der Waals surface area contributed by atoms with Gasteiger partial charge in [-0.15, -0.1) is 0 Å². The van der Waals surface area contributed by atoms with Crippen molar-refractivity contribution in [3.05, 3.63) is 53.6 Å². The molecule has 0 aliphatic heterocycles. The fraction of sp³-hybridized carbons (Fsp3) is 0.133. The summed E-state index contributed by atoms with van der Waals surface area (Å²) in [6, 6.07) is 12.9. The van der Waals surface area contributed by atoms with Crippen LogP contribution < -0.4 is 4.74 Å². The molecule has 0 fully saturated rings. The van der Waals surface area contributed by atoms with Gasteiger partial charge in [-0.25, -0.2) is 4.79 Å². The Morgan fingerprint density at radius 3 is 2.56 bits per heavy atom. The van der Waals surface area contributed by atoms with Crippen LogP contribution in [-0.2, 0) is 0 Å². The lowest BCUT2D eigenvalue weighted by Crippen LogP contribution is -2.00. The Hall–Kier alpha value is -2.29. The largest absolute Gasteiger partial charge is 0.497 e. The third-order valence-electron chi connectivity index (χ3n) is 2.79. The Kier molecular flexibility index (Phi) is 3.33. The molecule has 0 spiro atoms. The van der Waals surface area contributed by atoms with Crippen molar-refractivity contribution in [2.24, 2.45) is 0 Å². The van der Waals surface area contributed by atoms with Crippen molar-refractivity contribution >= 4 is 5.97 Å². The third-order valence-corrected chi connectivity index (χ3v) is 2.79. The van der Waals surface area contributed by atoms with Gasteiger partial charge in [0.25, 0.3) is 0 Å². The third kappa shape index (κ3) is 2.35. The van der Waals surface area contributed by atoms with Crippen LogP contribution in [0.3, 0.4) is 0 Å². The average Bonchev–Trinajstić information content (AvgIpc) is 2.38. The summed E-state index contributed by atoms with van der Waals surface area (Å²) in [4.78, 5) is 11.3. The quantitative estimate of drug-likeness (QED) is 0.897. The van der Waals surface area contributed by atoms with Crippen molar-refractivity contribution in [1.82, 2.24) is 0 Å². The molecule has 0 saturated heterocycles. The summed E-state index contributed by atoms with van der Waals surface area (Å²) < 4.78 is 5.06. The summed E-state index contributed by atoms with van der Waals surface area (Å²) in [7, 11) is 1.52. The second kappa shape index (κ2) is 4.92. The van der Waals surface area contributed by atoms with Gasteiger partial charge in [0.05, 0.1) is 12.7 Å². The molecule has 0 unspecified atom stereocenters. The molecular formula is C15H14O3. The van der Waals surface area contributed by atoms with Crippen molar-refractivity contribution in [3.8, 4) is 16.9 Å². The molecule has 1 N–H and O–H groups in total. The minimum Gasteiger partial charge on any atom is -0.497 e. The standard InChI is InChI=1S/C15H14O3/c1-10-4-3-5-11(8-10)13-7-6-12(18-2)9-14(13)15(16)17/h3-9H,1-2H3,(H,16,17). The maximum atomic E-state index is 11.3. The van der Waals surface area contributed by atoms with E-state index in [4.69, 9.17) is 4.74 Å². The highest BCUT2D eigenvalue weighted by Crippen LogP contribution is 2.28. The van der Waals surface area contributed by atoms with Crippen LogP contribution in [0.25, 0.3) is 11.1 Å². The van der Waals surface area contributed by atoms with Crippen LogP contribution in [0.1, 0.15) is 15.9 Å². The summed E-state index contributed by atoms with van der Waals surface area (Å²) in [5.74, 6) is -0.408. The molecule has 0 bridgehead atoms. The molecule has 2 rings (SSSR count). The van der Waals surface area contributed by atoms with Gasteiger partial charge in [-0.3, -0.25) is 0 Å². The minimum atomic E-state index is -0.953. The summed E-state index contributed by atoms with van der Waals surface area (Å²) >= 11 is 0. The first kappa shape index (κ1) is 12.2. The molecule has 0 aliphatic carbocycles. The normalized spacial score (nSPS) is 10.1. The van der Waals surface area contributed by atoms with Crippen LogP contribution >= 0.6 is 0 Å². The molecule has 92 valence electrons. The van der Waals surface area contributed by atoms with Gasteiger partial charge < -0.3 is 9.84 Å². The predicted octanol–water partition coefficient (Wildman–Crippen LogP) is 3.37. The van der Waals surface area contributed by atoms with Gasteiger partial charge in [-0.2, -0.15) is 0 Å². The maximum absolute atomic E-state index is 11.3. The van der Waals surface area contributed by atoms with Crippen molar-refractivity contribution in [3.63, 3.8) is 0 Å². The lowest BCUT2D eigenvalue weighted by molar-refractivity contribution is 0.0697. The zero-order chi connectivity index (χ0) is 13.1. The first-order valence-electron chi connectivity index (χ1n) is 5.60. The van der Waals surface area contributed by atoms with Crippen LogP contribution in [0.2, 0.25) is 0 Å². The van der Waals surface area contributed by atoms with E-state index in [1.807, 2.05) is 31.2 Å². The number of hydrogen-bond acceptors (Lipinski definition) is 2. The predicted molar refractivity (Wildman–Crippen MR) is 70.1 cm³/mol. The molecule has 18 heavy (non-hydrogen) atoms. The Balaban J connectivity index is 2.60. The Morgan fingerprint density at radius 1 is 1.17 bits per heavy atom. The van der Waals surface area contributed by atoms with E-state index >= 15 is 0 Å². The molecule has 0 saturated carbocycles. The Bertz CT molecular complexity index is 588. The number of carbonyl (C=O) groups is 1.